The minimum atomic E-state index is -0.894. The molecule has 0 bridgehead atoms. The lowest BCUT2D eigenvalue weighted by Gasteiger charge is -2.30. The van der Waals surface area contributed by atoms with Crippen molar-refractivity contribution in [2.24, 2.45) is 11.8 Å². The van der Waals surface area contributed by atoms with Gasteiger partial charge in [-0.2, -0.15) is 0 Å². The van der Waals surface area contributed by atoms with Gasteiger partial charge in [0.2, 0.25) is 0 Å². The van der Waals surface area contributed by atoms with Crippen molar-refractivity contribution >= 4 is 0 Å². The molecule has 0 saturated carbocycles. The molecule has 0 spiro atoms. The van der Waals surface area contributed by atoms with Gasteiger partial charge in [-0.1, -0.05) is 39.5 Å². The van der Waals surface area contributed by atoms with Crippen LogP contribution in [0.4, 0.5) is 0 Å². The quantitative estimate of drug-likeness (QED) is 0.540. The zero-order chi connectivity index (χ0) is 11.0. The lowest BCUT2D eigenvalue weighted by Crippen LogP contribution is -2.39. The second kappa shape index (κ2) is 3.56. The van der Waals surface area contributed by atoms with E-state index < -0.39 is 5.60 Å². The molecule has 2 heteroatoms. The number of ether oxygens (including phenoxy) is 1. The molecule has 1 aliphatic heterocycles. The van der Waals surface area contributed by atoms with Gasteiger partial charge in [0, 0.05) is 0 Å². The molecule has 2 nitrogen and oxygen atoms in total. The molecule has 1 aliphatic rings. The Balaban J connectivity index is 2.82. The maximum atomic E-state index is 10.3. The first-order chi connectivity index (χ1) is 6.30. The Hall–Kier alpha value is -0.520. The lowest BCUT2D eigenvalue weighted by atomic mass is 9.81. The molecule has 14 heavy (non-hydrogen) atoms. The van der Waals surface area contributed by atoms with Crippen LogP contribution in [0.25, 0.3) is 0 Å². The van der Waals surface area contributed by atoms with Gasteiger partial charge in [0.1, 0.15) is 11.2 Å². The average Bonchev–Trinajstić information content (AvgIpc) is 2.80. The maximum absolute atomic E-state index is 10.3. The van der Waals surface area contributed by atoms with E-state index in [-0.39, 0.29) is 17.4 Å². The van der Waals surface area contributed by atoms with Gasteiger partial charge in [0.05, 0.1) is 6.61 Å². The molecule has 0 aromatic rings. The summed E-state index contributed by atoms with van der Waals surface area (Å²) in [5.74, 6) is 6.26. The Bertz CT molecular complexity index is 256. The van der Waals surface area contributed by atoms with E-state index in [1.54, 1.807) is 0 Å². The van der Waals surface area contributed by atoms with Crippen LogP contribution in [-0.4, -0.2) is 22.9 Å². The molecule has 1 saturated heterocycles. The van der Waals surface area contributed by atoms with Crippen LogP contribution in [0.2, 0.25) is 0 Å². The van der Waals surface area contributed by atoms with E-state index in [4.69, 9.17) is 4.74 Å². The van der Waals surface area contributed by atoms with E-state index in [1.807, 2.05) is 34.6 Å². The average molecular weight is 196 g/mol. The Morgan fingerprint density at radius 3 is 2.00 bits per heavy atom. The van der Waals surface area contributed by atoms with E-state index in [2.05, 4.69) is 11.8 Å². The van der Waals surface area contributed by atoms with E-state index in [0.29, 0.717) is 6.61 Å². The highest BCUT2D eigenvalue weighted by Crippen LogP contribution is 2.28. The van der Waals surface area contributed by atoms with Gasteiger partial charge in [-0.15, -0.1) is 0 Å². The highest BCUT2D eigenvalue weighted by Gasteiger charge is 2.39. The molecule has 0 aromatic heterocycles. The maximum Gasteiger partial charge on any atom is 0.149 e. The van der Waals surface area contributed by atoms with Crippen LogP contribution in [0, 0.1) is 23.7 Å². The number of rotatable bonds is 2. The van der Waals surface area contributed by atoms with Crippen molar-refractivity contribution in [1.29, 1.82) is 0 Å². The van der Waals surface area contributed by atoms with Crippen LogP contribution < -0.4 is 0 Å². The first-order valence-electron chi connectivity index (χ1n) is 5.21. The van der Waals surface area contributed by atoms with Gasteiger partial charge >= 0.3 is 0 Å². The van der Waals surface area contributed by atoms with Crippen molar-refractivity contribution < 1.29 is 9.84 Å². The van der Waals surface area contributed by atoms with Gasteiger partial charge < -0.3 is 9.84 Å². The molecule has 1 N–H and O–H groups in total. The topological polar surface area (TPSA) is 32.8 Å². The number of aliphatic hydroxyl groups is 1. The summed E-state index contributed by atoms with van der Waals surface area (Å²) in [6.07, 6.45) is 0. The minimum Gasteiger partial charge on any atom is -0.377 e. The van der Waals surface area contributed by atoms with Gasteiger partial charge in [-0.05, 0) is 18.8 Å². The first kappa shape index (κ1) is 11.6. The Kier molecular flexibility index (Phi) is 2.94. The second-order valence-corrected chi connectivity index (χ2v) is 4.90. The SMILES string of the molecule is CC(C)C(O)(C#CC1(C)CO1)C(C)C. The molecule has 1 fully saturated rings. The summed E-state index contributed by atoms with van der Waals surface area (Å²) in [5.41, 5.74) is -1.19. The van der Waals surface area contributed by atoms with Gasteiger partial charge in [-0.3, -0.25) is 0 Å². The highest BCUT2D eigenvalue weighted by atomic mass is 16.6. The number of hydrogen-bond donors (Lipinski definition) is 1. The fourth-order valence-electron chi connectivity index (χ4n) is 1.37. The Morgan fingerprint density at radius 2 is 1.71 bits per heavy atom. The van der Waals surface area contributed by atoms with Gasteiger partial charge in [-0.25, -0.2) is 0 Å². The zero-order valence-corrected chi connectivity index (χ0v) is 9.72. The van der Waals surface area contributed by atoms with Crippen molar-refractivity contribution in [3.8, 4) is 11.8 Å². The molecule has 0 amide bonds. The van der Waals surface area contributed by atoms with Crippen molar-refractivity contribution in [2.45, 2.75) is 45.8 Å². The number of hydrogen-bond acceptors (Lipinski definition) is 2. The molecule has 80 valence electrons. The highest BCUT2D eigenvalue weighted by molar-refractivity contribution is 5.25. The number of epoxide rings is 1. The van der Waals surface area contributed by atoms with Crippen LogP contribution in [-0.2, 0) is 4.74 Å². The standard InChI is InChI=1S/C12H20O2/c1-9(2)12(13,10(3)4)7-6-11(5)8-14-11/h9-10,13H,8H2,1-5H3. The van der Waals surface area contributed by atoms with E-state index in [9.17, 15) is 5.11 Å². The van der Waals surface area contributed by atoms with Crippen LogP contribution >= 0.6 is 0 Å². The van der Waals surface area contributed by atoms with Crippen LogP contribution in [0.15, 0.2) is 0 Å². The third-order valence-electron chi connectivity index (χ3n) is 2.86. The molecular weight excluding hydrogens is 176 g/mol. The summed E-state index contributed by atoms with van der Waals surface area (Å²) < 4.78 is 5.17. The summed E-state index contributed by atoms with van der Waals surface area (Å²) in [6, 6.07) is 0. The minimum absolute atomic E-state index is 0.136. The monoisotopic (exact) mass is 196 g/mol. The fraction of sp³-hybridized carbons (Fsp3) is 0.833. The molecule has 1 rings (SSSR count). The summed E-state index contributed by atoms with van der Waals surface area (Å²) in [7, 11) is 0. The Labute approximate surface area is 86.7 Å². The molecule has 0 radical (unpaired) electrons. The zero-order valence-electron chi connectivity index (χ0n) is 9.72. The molecular formula is C12H20O2. The molecule has 1 heterocycles. The smallest absolute Gasteiger partial charge is 0.149 e. The van der Waals surface area contributed by atoms with Gasteiger partial charge in [0.15, 0.2) is 0 Å². The third kappa shape index (κ3) is 2.29. The molecule has 1 atom stereocenters. The summed E-state index contributed by atoms with van der Waals surface area (Å²) in [5, 5.41) is 10.3. The first-order valence-corrected chi connectivity index (χ1v) is 5.21. The second-order valence-electron chi connectivity index (χ2n) is 4.90. The predicted octanol–water partition coefficient (Wildman–Crippen LogP) is 1.82. The summed E-state index contributed by atoms with van der Waals surface area (Å²) in [6.45, 7) is 10.6. The lowest BCUT2D eigenvalue weighted by molar-refractivity contribution is 0.00908. The van der Waals surface area contributed by atoms with Crippen LogP contribution in [0.5, 0.6) is 0 Å². The largest absolute Gasteiger partial charge is 0.377 e. The van der Waals surface area contributed by atoms with Crippen molar-refractivity contribution in [3.63, 3.8) is 0 Å². The third-order valence-corrected chi connectivity index (χ3v) is 2.86. The Morgan fingerprint density at radius 1 is 1.29 bits per heavy atom. The molecule has 1 unspecified atom stereocenters. The van der Waals surface area contributed by atoms with Crippen molar-refractivity contribution in [2.75, 3.05) is 6.61 Å². The predicted molar refractivity (Wildman–Crippen MR) is 56.8 cm³/mol. The van der Waals surface area contributed by atoms with E-state index in [1.165, 1.54) is 0 Å². The van der Waals surface area contributed by atoms with Crippen LogP contribution in [0.3, 0.4) is 0 Å². The van der Waals surface area contributed by atoms with Crippen molar-refractivity contribution in [3.05, 3.63) is 0 Å². The molecule has 0 aromatic carbocycles. The van der Waals surface area contributed by atoms with E-state index >= 15 is 0 Å². The van der Waals surface area contributed by atoms with Crippen molar-refractivity contribution in [1.82, 2.24) is 0 Å². The van der Waals surface area contributed by atoms with Crippen LogP contribution in [0.1, 0.15) is 34.6 Å². The van der Waals surface area contributed by atoms with E-state index in [0.717, 1.165) is 0 Å². The molecule has 0 aliphatic carbocycles. The van der Waals surface area contributed by atoms with Gasteiger partial charge in [0.25, 0.3) is 0 Å². The normalized spacial score (nSPS) is 26.3. The summed E-state index contributed by atoms with van der Waals surface area (Å²) in [4.78, 5) is 0. The fourth-order valence-corrected chi connectivity index (χ4v) is 1.37. The summed E-state index contributed by atoms with van der Waals surface area (Å²) >= 11 is 0.